The minimum absolute atomic E-state index is 0.0767. The molecule has 0 unspecified atom stereocenters. The minimum atomic E-state index is -0.0767. The highest BCUT2D eigenvalue weighted by Gasteiger charge is 2.06. The molecule has 2 N–H and O–H groups in total. The maximum absolute atomic E-state index is 11.8. The number of nitrogens with zero attached hydrogens (tertiary/aromatic N) is 3. The van der Waals surface area contributed by atoms with Crippen molar-refractivity contribution in [3.63, 3.8) is 0 Å². The van der Waals surface area contributed by atoms with E-state index in [1.54, 1.807) is 24.6 Å². The Hall–Kier alpha value is -1.77. The molecule has 0 aliphatic rings. The van der Waals surface area contributed by atoms with Crippen LogP contribution in [0.1, 0.15) is 10.6 Å². The quantitative estimate of drug-likeness (QED) is 0.655. The number of hydrogen-bond donors (Lipinski definition) is 2. The fraction of sp³-hybridized carbons (Fsp3) is 0.462. The number of aromatic nitrogens is 3. The van der Waals surface area contributed by atoms with Crippen LogP contribution in [-0.4, -0.2) is 41.2 Å². The van der Waals surface area contributed by atoms with Crippen LogP contribution in [0.3, 0.4) is 0 Å². The number of nitrogens with one attached hydrogen (secondary N) is 2. The zero-order chi connectivity index (χ0) is 14.9. The van der Waals surface area contributed by atoms with Crippen molar-refractivity contribution in [1.29, 1.82) is 0 Å². The topological polar surface area (TPSA) is 81.1 Å². The Morgan fingerprint density at radius 1 is 1.48 bits per heavy atom. The maximum atomic E-state index is 11.8. The summed E-state index contributed by atoms with van der Waals surface area (Å²) in [4.78, 5) is 12.9. The Morgan fingerprint density at radius 2 is 2.38 bits per heavy atom. The second-order valence-electron chi connectivity index (χ2n) is 4.43. The van der Waals surface area contributed by atoms with Crippen molar-refractivity contribution < 1.29 is 9.53 Å². The monoisotopic (exact) mass is 309 g/mol. The van der Waals surface area contributed by atoms with Crippen LogP contribution in [-0.2, 0) is 29.2 Å². The molecule has 2 aromatic heterocycles. The third-order valence-electron chi connectivity index (χ3n) is 2.72. The maximum Gasteiger partial charge on any atom is 0.242 e. The van der Waals surface area contributed by atoms with Crippen molar-refractivity contribution in [2.24, 2.45) is 0 Å². The Bertz CT molecular complexity index is 541. The molecule has 8 heteroatoms. The number of hydrogen-bond acceptors (Lipinski definition) is 6. The summed E-state index contributed by atoms with van der Waals surface area (Å²) in [6.07, 6.45) is 1.77. The Morgan fingerprint density at radius 3 is 3.14 bits per heavy atom. The van der Waals surface area contributed by atoms with Gasteiger partial charge in [-0.25, -0.2) is 4.68 Å². The first-order valence-corrected chi connectivity index (χ1v) is 7.53. The highest BCUT2D eigenvalue weighted by molar-refractivity contribution is 7.09. The second-order valence-corrected chi connectivity index (χ2v) is 5.47. The van der Waals surface area contributed by atoms with Crippen molar-refractivity contribution in [1.82, 2.24) is 25.6 Å². The average molecular weight is 309 g/mol. The minimum Gasteiger partial charge on any atom is -0.383 e. The molecule has 0 aliphatic carbocycles. The number of rotatable bonds is 9. The summed E-state index contributed by atoms with van der Waals surface area (Å²) >= 11 is 1.62. The van der Waals surface area contributed by atoms with Crippen molar-refractivity contribution in [2.45, 2.75) is 19.6 Å². The Labute approximate surface area is 127 Å². The van der Waals surface area contributed by atoms with Crippen molar-refractivity contribution in [3.05, 3.63) is 34.3 Å². The highest BCUT2D eigenvalue weighted by Crippen LogP contribution is 2.07. The lowest BCUT2D eigenvalue weighted by molar-refractivity contribution is -0.122. The summed E-state index contributed by atoms with van der Waals surface area (Å²) in [6.45, 7) is 2.75. The van der Waals surface area contributed by atoms with Crippen LogP contribution in [0.25, 0.3) is 0 Å². The van der Waals surface area contributed by atoms with Gasteiger partial charge in [-0.3, -0.25) is 4.79 Å². The molecular formula is C13H19N5O2S. The molecule has 0 aromatic carbocycles. The number of amides is 1. The molecule has 0 saturated heterocycles. The summed E-state index contributed by atoms with van der Waals surface area (Å²) < 4.78 is 6.48. The van der Waals surface area contributed by atoms with Gasteiger partial charge in [-0.1, -0.05) is 11.3 Å². The van der Waals surface area contributed by atoms with E-state index in [2.05, 4.69) is 20.9 Å². The molecule has 0 bridgehead atoms. The van der Waals surface area contributed by atoms with E-state index in [9.17, 15) is 4.79 Å². The third kappa shape index (κ3) is 5.62. The summed E-state index contributed by atoms with van der Waals surface area (Å²) in [6, 6.07) is 3.95. The predicted octanol–water partition coefficient (Wildman–Crippen LogP) is 0.392. The predicted molar refractivity (Wildman–Crippen MR) is 79.8 cm³/mol. The zero-order valence-electron chi connectivity index (χ0n) is 11.9. The molecule has 0 radical (unpaired) electrons. The van der Waals surface area contributed by atoms with Crippen LogP contribution in [0.15, 0.2) is 23.7 Å². The van der Waals surface area contributed by atoms with Crippen LogP contribution in [0.5, 0.6) is 0 Å². The molecule has 0 aliphatic heterocycles. The van der Waals surface area contributed by atoms with Gasteiger partial charge in [0.05, 0.1) is 25.0 Å². The molecule has 0 atom stereocenters. The van der Waals surface area contributed by atoms with Crippen molar-refractivity contribution in [3.8, 4) is 0 Å². The van der Waals surface area contributed by atoms with Crippen LogP contribution in [0.4, 0.5) is 0 Å². The summed E-state index contributed by atoms with van der Waals surface area (Å²) in [5.74, 6) is -0.0767. The standard InChI is InChI=1S/C13H19N5O2S/c1-20-5-4-14-7-11-9-18(17-16-11)10-13(19)15-8-12-3-2-6-21-12/h2-3,6,9,14H,4-5,7-8,10H2,1H3,(H,15,19). The van der Waals surface area contributed by atoms with Crippen LogP contribution in [0, 0.1) is 0 Å². The number of methoxy groups -OCH3 is 1. The van der Waals surface area contributed by atoms with Crippen LogP contribution in [0.2, 0.25) is 0 Å². The smallest absolute Gasteiger partial charge is 0.242 e. The van der Waals surface area contributed by atoms with Crippen LogP contribution >= 0.6 is 11.3 Å². The van der Waals surface area contributed by atoms with Gasteiger partial charge >= 0.3 is 0 Å². The van der Waals surface area contributed by atoms with Gasteiger partial charge in [-0.2, -0.15) is 0 Å². The van der Waals surface area contributed by atoms with Gasteiger partial charge in [0, 0.05) is 25.1 Å². The Kier molecular flexibility index (Phi) is 6.32. The lowest BCUT2D eigenvalue weighted by atomic mass is 10.4. The molecule has 2 heterocycles. The number of ether oxygens (including phenoxy) is 1. The molecule has 0 spiro atoms. The van der Waals surface area contributed by atoms with Gasteiger partial charge < -0.3 is 15.4 Å². The van der Waals surface area contributed by atoms with E-state index in [0.29, 0.717) is 19.7 Å². The summed E-state index contributed by atoms with van der Waals surface area (Å²) in [5, 5.41) is 16.0. The van der Waals surface area contributed by atoms with E-state index < -0.39 is 0 Å². The normalized spacial score (nSPS) is 10.7. The van der Waals surface area contributed by atoms with E-state index in [-0.39, 0.29) is 12.5 Å². The molecule has 1 amide bonds. The Balaban J connectivity index is 1.70. The first-order chi connectivity index (χ1) is 10.3. The highest BCUT2D eigenvalue weighted by atomic mass is 32.1. The molecule has 0 saturated carbocycles. The van der Waals surface area contributed by atoms with Gasteiger partial charge in [-0.15, -0.1) is 16.4 Å². The van der Waals surface area contributed by atoms with E-state index in [1.807, 2.05) is 17.5 Å². The van der Waals surface area contributed by atoms with E-state index in [4.69, 9.17) is 4.74 Å². The van der Waals surface area contributed by atoms with E-state index in [1.165, 1.54) is 4.68 Å². The van der Waals surface area contributed by atoms with E-state index >= 15 is 0 Å². The molecule has 2 aromatic rings. The first kappa shape index (κ1) is 15.6. The SMILES string of the molecule is COCCNCc1cn(CC(=O)NCc2cccs2)nn1. The van der Waals surface area contributed by atoms with Gasteiger partial charge in [0.15, 0.2) is 0 Å². The van der Waals surface area contributed by atoms with Gasteiger partial charge in [0.2, 0.25) is 5.91 Å². The van der Waals surface area contributed by atoms with E-state index in [0.717, 1.165) is 17.1 Å². The van der Waals surface area contributed by atoms with Gasteiger partial charge in [-0.05, 0) is 11.4 Å². The molecular weight excluding hydrogens is 290 g/mol. The number of carbonyl (C=O) groups excluding carboxylic acids is 1. The molecule has 2 rings (SSSR count). The molecule has 21 heavy (non-hydrogen) atoms. The second kappa shape index (κ2) is 8.50. The number of carbonyl (C=O) groups is 1. The lowest BCUT2D eigenvalue weighted by Crippen LogP contribution is -2.27. The summed E-state index contributed by atoms with van der Waals surface area (Å²) in [5.41, 5.74) is 0.803. The third-order valence-corrected chi connectivity index (χ3v) is 3.60. The fourth-order valence-electron chi connectivity index (χ4n) is 1.69. The number of thiophene rings is 1. The van der Waals surface area contributed by atoms with Crippen LogP contribution < -0.4 is 10.6 Å². The van der Waals surface area contributed by atoms with Gasteiger partial charge in [0.1, 0.15) is 6.54 Å². The first-order valence-electron chi connectivity index (χ1n) is 6.65. The largest absolute Gasteiger partial charge is 0.383 e. The van der Waals surface area contributed by atoms with Gasteiger partial charge in [0.25, 0.3) is 0 Å². The fourth-order valence-corrected chi connectivity index (χ4v) is 2.33. The van der Waals surface area contributed by atoms with Crippen molar-refractivity contribution >= 4 is 17.2 Å². The lowest BCUT2D eigenvalue weighted by Gasteiger charge is -2.03. The molecule has 0 fully saturated rings. The average Bonchev–Trinajstić information content (AvgIpc) is 3.13. The molecule has 114 valence electrons. The summed E-state index contributed by atoms with van der Waals surface area (Å²) in [7, 11) is 1.66. The molecule has 7 nitrogen and oxygen atoms in total. The zero-order valence-corrected chi connectivity index (χ0v) is 12.7. The van der Waals surface area contributed by atoms with Crippen molar-refractivity contribution in [2.75, 3.05) is 20.3 Å².